The van der Waals surface area contributed by atoms with Crippen LogP contribution in [0, 0.1) is 5.92 Å². The summed E-state index contributed by atoms with van der Waals surface area (Å²) in [6.07, 6.45) is 1.18. The number of nitrogens with one attached hydrogen (secondary N) is 1. The number of nitrogens with zero attached hydrogens (tertiary/aromatic N) is 1. The van der Waals surface area contributed by atoms with E-state index in [0.29, 0.717) is 30.8 Å². The lowest BCUT2D eigenvalue weighted by Crippen LogP contribution is -2.43. The van der Waals surface area contributed by atoms with Crippen LogP contribution < -0.4 is 10.1 Å². The zero-order chi connectivity index (χ0) is 19.4. The van der Waals surface area contributed by atoms with Crippen molar-refractivity contribution in [3.05, 3.63) is 48.5 Å². The van der Waals surface area contributed by atoms with Gasteiger partial charge in [0.2, 0.25) is 15.9 Å². The van der Waals surface area contributed by atoms with Gasteiger partial charge in [0.25, 0.3) is 0 Å². The van der Waals surface area contributed by atoms with Crippen LogP contribution in [0.4, 0.5) is 5.69 Å². The van der Waals surface area contributed by atoms with E-state index in [0.717, 1.165) is 0 Å². The second kappa shape index (κ2) is 7.98. The predicted molar refractivity (Wildman–Crippen MR) is 101 cm³/mol. The van der Waals surface area contributed by atoms with Gasteiger partial charge in [-0.2, -0.15) is 4.31 Å². The van der Waals surface area contributed by atoms with Gasteiger partial charge in [-0.3, -0.25) is 4.79 Å². The number of methoxy groups -OCH3 is 1. The molecule has 0 radical (unpaired) electrons. The van der Waals surface area contributed by atoms with Gasteiger partial charge in [0.05, 0.1) is 23.6 Å². The van der Waals surface area contributed by atoms with Gasteiger partial charge in [0.15, 0.2) is 0 Å². The number of phenolic OH excluding ortho intramolecular Hbond substituents is 1. The second-order valence-corrected chi connectivity index (χ2v) is 8.32. The van der Waals surface area contributed by atoms with Crippen molar-refractivity contribution in [1.29, 1.82) is 0 Å². The monoisotopic (exact) mass is 390 g/mol. The number of piperidine rings is 1. The third-order valence-electron chi connectivity index (χ3n) is 4.61. The van der Waals surface area contributed by atoms with E-state index in [2.05, 4.69) is 5.32 Å². The first-order valence-corrected chi connectivity index (χ1v) is 10.1. The molecule has 0 aliphatic carbocycles. The van der Waals surface area contributed by atoms with Gasteiger partial charge >= 0.3 is 0 Å². The number of para-hydroxylation sites is 2. The minimum Gasteiger partial charge on any atom is -0.506 e. The summed E-state index contributed by atoms with van der Waals surface area (Å²) in [5, 5.41) is 12.5. The summed E-state index contributed by atoms with van der Waals surface area (Å²) in [6.45, 7) is 0.475. The lowest BCUT2D eigenvalue weighted by Gasteiger charge is -2.31. The smallest absolute Gasteiger partial charge is 0.243 e. The van der Waals surface area contributed by atoms with Gasteiger partial charge in [0, 0.05) is 13.1 Å². The molecule has 27 heavy (non-hydrogen) atoms. The Bertz CT molecular complexity index is 912. The number of hydrogen-bond donors (Lipinski definition) is 2. The second-order valence-electron chi connectivity index (χ2n) is 6.38. The maximum atomic E-state index is 12.9. The minimum absolute atomic E-state index is 0.0237. The molecule has 0 aromatic heterocycles. The molecule has 2 N–H and O–H groups in total. The largest absolute Gasteiger partial charge is 0.506 e. The molecule has 1 amide bonds. The number of amides is 1. The quantitative estimate of drug-likeness (QED) is 0.765. The molecule has 1 fully saturated rings. The Morgan fingerprint density at radius 3 is 2.56 bits per heavy atom. The molecule has 1 aliphatic heterocycles. The summed E-state index contributed by atoms with van der Waals surface area (Å²) < 4.78 is 32.2. The Morgan fingerprint density at radius 2 is 1.89 bits per heavy atom. The predicted octanol–water partition coefficient (Wildman–Crippen LogP) is 2.44. The molecule has 1 heterocycles. The van der Waals surface area contributed by atoms with Gasteiger partial charge in [-0.1, -0.05) is 12.1 Å². The highest BCUT2D eigenvalue weighted by Gasteiger charge is 2.33. The molecule has 1 atom stereocenters. The number of anilines is 1. The molecule has 0 spiro atoms. The zero-order valence-electron chi connectivity index (χ0n) is 15.0. The number of benzene rings is 2. The summed E-state index contributed by atoms with van der Waals surface area (Å²) >= 11 is 0. The average molecular weight is 390 g/mol. The Hall–Kier alpha value is -2.58. The highest BCUT2D eigenvalue weighted by molar-refractivity contribution is 7.89. The number of hydrogen-bond acceptors (Lipinski definition) is 5. The molecule has 0 saturated carbocycles. The summed E-state index contributed by atoms with van der Waals surface area (Å²) in [5.74, 6) is -0.227. The fourth-order valence-corrected chi connectivity index (χ4v) is 4.61. The highest BCUT2D eigenvalue weighted by atomic mass is 32.2. The molecular formula is C19H22N2O5S. The summed E-state index contributed by atoms with van der Waals surface area (Å²) in [5.41, 5.74) is 0.317. The first kappa shape index (κ1) is 19.2. The van der Waals surface area contributed by atoms with Crippen molar-refractivity contribution in [1.82, 2.24) is 4.31 Å². The lowest BCUT2D eigenvalue weighted by molar-refractivity contribution is -0.120. The van der Waals surface area contributed by atoms with Crippen LogP contribution in [-0.4, -0.2) is 43.9 Å². The summed E-state index contributed by atoms with van der Waals surface area (Å²) in [6, 6.07) is 12.6. The van der Waals surface area contributed by atoms with E-state index in [1.807, 2.05) is 0 Å². The SMILES string of the molecule is COc1ccc(S(=O)(=O)N2CCCC(C(=O)Nc3ccccc3O)C2)cc1. The molecule has 2 aromatic carbocycles. The van der Waals surface area contributed by atoms with E-state index in [1.54, 1.807) is 30.3 Å². The topological polar surface area (TPSA) is 95.9 Å². The first-order chi connectivity index (χ1) is 12.9. The van der Waals surface area contributed by atoms with Gasteiger partial charge in [-0.25, -0.2) is 8.42 Å². The molecule has 2 aromatic rings. The fourth-order valence-electron chi connectivity index (χ4n) is 3.09. The van der Waals surface area contributed by atoms with E-state index < -0.39 is 15.9 Å². The lowest BCUT2D eigenvalue weighted by atomic mass is 9.98. The fraction of sp³-hybridized carbons (Fsp3) is 0.316. The van der Waals surface area contributed by atoms with Gasteiger partial charge < -0.3 is 15.2 Å². The number of carbonyl (C=O) groups is 1. The molecule has 1 saturated heterocycles. The van der Waals surface area contributed by atoms with Crippen molar-refractivity contribution >= 4 is 21.6 Å². The first-order valence-electron chi connectivity index (χ1n) is 8.65. The maximum Gasteiger partial charge on any atom is 0.243 e. The Kier molecular flexibility index (Phi) is 5.67. The summed E-state index contributed by atoms with van der Waals surface area (Å²) in [4.78, 5) is 12.7. The molecule has 3 rings (SSSR count). The molecule has 1 unspecified atom stereocenters. The number of carbonyl (C=O) groups excluding carboxylic acids is 1. The van der Waals surface area contributed by atoms with Crippen molar-refractivity contribution < 1.29 is 23.1 Å². The Balaban J connectivity index is 1.72. The normalized spacial score (nSPS) is 18.0. The van der Waals surface area contributed by atoms with E-state index in [1.165, 1.54) is 29.6 Å². The number of rotatable bonds is 5. The van der Waals surface area contributed by atoms with Crippen LogP contribution in [0.15, 0.2) is 53.4 Å². The molecule has 0 bridgehead atoms. The van der Waals surface area contributed by atoms with Crippen LogP contribution in [0.2, 0.25) is 0 Å². The standard InChI is InChI=1S/C19H22N2O5S/c1-26-15-8-10-16(11-9-15)27(24,25)21-12-4-5-14(13-21)19(23)20-17-6-2-3-7-18(17)22/h2-3,6-11,14,22H,4-5,12-13H2,1H3,(H,20,23). The maximum absolute atomic E-state index is 12.9. The number of phenols is 1. The van der Waals surface area contributed by atoms with Crippen molar-refractivity contribution in [3.8, 4) is 11.5 Å². The van der Waals surface area contributed by atoms with Crippen LogP contribution in [0.1, 0.15) is 12.8 Å². The van der Waals surface area contributed by atoms with E-state index in [4.69, 9.17) is 4.74 Å². The van der Waals surface area contributed by atoms with Crippen LogP contribution in [0.3, 0.4) is 0 Å². The third kappa shape index (κ3) is 4.23. The number of aromatic hydroxyl groups is 1. The van der Waals surface area contributed by atoms with E-state index >= 15 is 0 Å². The summed E-state index contributed by atoms with van der Waals surface area (Å²) in [7, 11) is -2.17. The van der Waals surface area contributed by atoms with Crippen LogP contribution in [0.25, 0.3) is 0 Å². The van der Waals surface area contributed by atoms with Gasteiger partial charge in [-0.15, -0.1) is 0 Å². The van der Waals surface area contributed by atoms with E-state index in [9.17, 15) is 18.3 Å². The van der Waals surface area contributed by atoms with Crippen LogP contribution >= 0.6 is 0 Å². The molecule has 7 nitrogen and oxygen atoms in total. The third-order valence-corrected chi connectivity index (χ3v) is 6.49. The van der Waals surface area contributed by atoms with Crippen LogP contribution in [0.5, 0.6) is 11.5 Å². The average Bonchev–Trinajstić information content (AvgIpc) is 2.70. The molecule has 1 aliphatic rings. The highest BCUT2D eigenvalue weighted by Crippen LogP contribution is 2.27. The van der Waals surface area contributed by atoms with Gasteiger partial charge in [-0.05, 0) is 49.2 Å². The minimum atomic E-state index is -3.69. The Morgan fingerprint density at radius 1 is 1.19 bits per heavy atom. The van der Waals surface area contributed by atoms with Crippen LogP contribution in [-0.2, 0) is 14.8 Å². The molecule has 144 valence electrons. The Labute approximate surface area is 158 Å². The van der Waals surface area contributed by atoms with Crippen molar-refractivity contribution in [2.24, 2.45) is 5.92 Å². The molecule has 8 heteroatoms. The zero-order valence-corrected chi connectivity index (χ0v) is 15.8. The van der Waals surface area contributed by atoms with Crippen molar-refractivity contribution in [2.45, 2.75) is 17.7 Å². The van der Waals surface area contributed by atoms with Crippen molar-refractivity contribution in [2.75, 3.05) is 25.5 Å². The molecular weight excluding hydrogens is 368 g/mol. The van der Waals surface area contributed by atoms with E-state index in [-0.39, 0.29) is 23.1 Å². The number of sulfonamides is 1. The van der Waals surface area contributed by atoms with Gasteiger partial charge in [0.1, 0.15) is 11.5 Å². The van der Waals surface area contributed by atoms with Crippen molar-refractivity contribution in [3.63, 3.8) is 0 Å². The number of ether oxygens (including phenoxy) is 1.